The van der Waals surface area contributed by atoms with Gasteiger partial charge in [0, 0.05) is 17.8 Å². The minimum absolute atomic E-state index is 0.136. The van der Waals surface area contributed by atoms with Gasteiger partial charge < -0.3 is 5.11 Å². The van der Waals surface area contributed by atoms with E-state index in [1.165, 1.54) is 26.0 Å². The summed E-state index contributed by atoms with van der Waals surface area (Å²) in [7, 11) is -4.32. The van der Waals surface area contributed by atoms with Crippen molar-refractivity contribution in [1.82, 2.24) is 0 Å². The van der Waals surface area contributed by atoms with Gasteiger partial charge in [-0.2, -0.15) is 0 Å². The average molecular weight is 355 g/mol. The van der Waals surface area contributed by atoms with Crippen molar-refractivity contribution in [2.75, 3.05) is 0 Å². The molecule has 132 valence electrons. The molecule has 8 heteroatoms. The number of carbonyl (C=O) groups excluding carboxylic acids is 1. The Balaban J connectivity index is 2.58. The highest BCUT2D eigenvalue weighted by atomic mass is 32.2. The van der Waals surface area contributed by atoms with E-state index in [-0.39, 0.29) is 17.7 Å². The smallest absolute Gasteiger partial charge is 0.324 e. The van der Waals surface area contributed by atoms with E-state index in [4.69, 9.17) is 0 Å². The summed E-state index contributed by atoms with van der Waals surface area (Å²) in [5.74, 6) is -1.55. The summed E-state index contributed by atoms with van der Waals surface area (Å²) in [6.07, 6.45) is -1.01. The van der Waals surface area contributed by atoms with Gasteiger partial charge in [0.1, 0.15) is 5.78 Å². The minimum atomic E-state index is -4.32. The number of Topliss-reactive ketones (excluding diaryl/α,β-unsaturated/α-hetero) is 1. The highest BCUT2D eigenvalue weighted by Gasteiger charge is 2.63. The van der Waals surface area contributed by atoms with Crippen molar-refractivity contribution in [1.29, 1.82) is 0 Å². The van der Waals surface area contributed by atoms with Crippen molar-refractivity contribution in [3.63, 3.8) is 0 Å². The number of aliphatic hydroxyl groups is 1. The van der Waals surface area contributed by atoms with Gasteiger partial charge in [0.15, 0.2) is 0 Å². The van der Waals surface area contributed by atoms with Gasteiger partial charge in [0.05, 0.1) is 16.4 Å². The zero-order valence-corrected chi connectivity index (χ0v) is 14.7. The quantitative estimate of drug-likeness (QED) is 0.651. The number of nitro groups is 1. The lowest BCUT2D eigenvalue weighted by molar-refractivity contribution is -0.548. The first-order valence-electron chi connectivity index (χ1n) is 7.63. The lowest BCUT2D eigenvalue weighted by Crippen LogP contribution is -2.57. The second-order valence-electron chi connectivity index (χ2n) is 6.74. The SMILES string of the molecule is CC(=O)C1CC([N+](=O)[O-])(S(=O)(=O)c2ccc(C)cc2)CCC1(C)O. The van der Waals surface area contributed by atoms with Crippen LogP contribution in [0.1, 0.15) is 38.7 Å². The van der Waals surface area contributed by atoms with Crippen molar-refractivity contribution < 1.29 is 23.2 Å². The van der Waals surface area contributed by atoms with E-state index in [1.807, 2.05) is 0 Å². The average Bonchev–Trinajstić information content (AvgIpc) is 2.46. The van der Waals surface area contributed by atoms with Crippen LogP contribution in [0.3, 0.4) is 0 Å². The van der Waals surface area contributed by atoms with Crippen LogP contribution in [0.4, 0.5) is 0 Å². The van der Waals surface area contributed by atoms with Crippen molar-refractivity contribution in [2.45, 2.75) is 55.4 Å². The fourth-order valence-electron chi connectivity index (χ4n) is 3.29. The predicted molar refractivity (Wildman–Crippen MR) is 86.7 cm³/mol. The summed E-state index contributed by atoms with van der Waals surface area (Å²) in [5.41, 5.74) is -0.619. The van der Waals surface area contributed by atoms with Gasteiger partial charge in [0.25, 0.3) is 0 Å². The first kappa shape index (κ1) is 18.5. The number of hydrogen-bond acceptors (Lipinski definition) is 6. The molecule has 0 heterocycles. The highest BCUT2D eigenvalue weighted by molar-refractivity contribution is 7.92. The van der Waals surface area contributed by atoms with Crippen LogP contribution >= 0.6 is 0 Å². The molecule has 3 unspecified atom stereocenters. The minimum Gasteiger partial charge on any atom is -0.389 e. The Hall–Kier alpha value is -1.80. The molecule has 7 nitrogen and oxygen atoms in total. The van der Waals surface area contributed by atoms with Crippen LogP contribution in [0.25, 0.3) is 0 Å². The normalized spacial score (nSPS) is 30.8. The molecular weight excluding hydrogens is 334 g/mol. The van der Waals surface area contributed by atoms with Crippen LogP contribution in [0.15, 0.2) is 29.2 Å². The van der Waals surface area contributed by atoms with Crippen molar-refractivity contribution in [3.05, 3.63) is 39.9 Å². The maximum Gasteiger partial charge on any atom is 0.324 e. The second-order valence-corrected chi connectivity index (χ2v) is 8.98. The third kappa shape index (κ3) is 2.84. The summed E-state index contributed by atoms with van der Waals surface area (Å²) in [5, 5.41) is 22.1. The van der Waals surface area contributed by atoms with E-state index in [9.17, 15) is 28.4 Å². The maximum absolute atomic E-state index is 13.0. The van der Waals surface area contributed by atoms with Gasteiger partial charge in [0.2, 0.25) is 9.84 Å². The Morgan fingerprint density at radius 3 is 2.29 bits per heavy atom. The zero-order valence-electron chi connectivity index (χ0n) is 13.9. The van der Waals surface area contributed by atoms with Crippen LogP contribution in [0, 0.1) is 23.0 Å². The molecule has 1 aromatic rings. The topological polar surface area (TPSA) is 115 Å². The van der Waals surface area contributed by atoms with Crippen LogP contribution < -0.4 is 0 Å². The number of aryl methyl sites for hydroxylation is 1. The lowest BCUT2D eigenvalue weighted by Gasteiger charge is -2.41. The van der Waals surface area contributed by atoms with Gasteiger partial charge in [-0.1, -0.05) is 17.7 Å². The fraction of sp³-hybridized carbons (Fsp3) is 0.562. The van der Waals surface area contributed by atoms with Crippen LogP contribution in [-0.4, -0.2) is 34.7 Å². The summed E-state index contributed by atoms with van der Waals surface area (Å²) in [6.45, 7) is 4.42. The van der Waals surface area contributed by atoms with Gasteiger partial charge in [-0.15, -0.1) is 0 Å². The van der Waals surface area contributed by atoms with Gasteiger partial charge in [-0.25, -0.2) is 8.42 Å². The van der Waals surface area contributed by atoms with Crippen LogP contribution in [0.2, 0.25) is 0 Å². The molecule has 0 aromatic heterocycles. The number of hydrogen-bond donors (Lipinski definition) is 1. The molecule has 1 saturated carbocycles. The van der Waals surface area contributed by atoms with Crippen molar-refractivity contribution in [2.24, 2.45) is 5.92 Å². The Bertz CT molecular complexity index is 768. The summed E-state index contributed by atoms with van der Waals surface area (Å²) in [6, 6.07) is 5.82. The predicted octanol–water partition coefficient (Wildman–Crippen LogP) is 1.88. The van der Waals surface area contributed by atoms with Gasteiger partial charge >= 0.3 is 4.87 Å². The summed E-state index contributed by atoms with van der Waals surface area (Å²) < 4.78 is 26.0. The van der Waals surface area contributed by atoms with E-state index < -0.39 is 43.4 Å². The molecule has 0 saturated heterocycles. The first-order valence-corrected chi connectivity index (χ1v) is 9.11. The van der Waals surface area contributed by atoms with E-state index in [1.54, 1.807) is 19.1 Å². The largest absolute Gasteiger partial charge is 0.389 e. The number of ketones is 1. The molecule has 1 N–H and O–H groups in total. The molecule has 0 amide bonds. The van der Waals surface area contributed by atoms with E-state index in [0.29, 0.717) is 0 Å². The molecule has 3 atom stereocenters. The van der Waals surface area contributed by atoms with Gasteiger partial charge in [-0.05, 0) is 39.3 Å². The Kier molecular flexibility index (Phi) is 4.58. The third-order valence-corrected chi connectivity index (χ3v) is 7.36. The Labute approximate surface area is 140 Å². The number of sulfone groups is 1. The summed E-state index contributed by atoms with van der Waals surface area (Å²) in [4.78, 5) is 20.4. The number of benzene rings is 1. The molecule has 0 bridgehead atoms. The molecule has 0 radical (unpaired) electrons. The monoisotopic (exact) mass is 355 g/mol. The molecule has 1 aliphatic carbocycles. The summed E-state index contributed by atoms with van der Waals surface area (Å²) >= 11 is 0. The molecule has 1 aliphatic rings. The highest BCUT2D eigenvalue weighted by Crippen LogP contribution is 2.46. The molecule has 1 fully saturated rings. The standard InChI is InChI=1S/C16H21NO6S/c1-11-4-6-13(7-5-11)24(22,23)16(17(20)21)9-8-15(3,19)14(10-16)12(2)18/h4-7,14,19H,8-10H2,1-3H3. The number of carbonyl (C=O) groups is 1. The van der Waals surface area contributed by atoms with Crippen LogP contribution in [-0.2, 0) is 14.6 Å². The Morgan fingerprint density at radius 1 is 1.29 bits per heavy atom. The number of rotatable bonds is 4. The van der Waals surface area contributed by atoms with Crippen molar-refractivity contribution >= 4 is 15.6 Å². The molecule has 0 spiro atoms. The molecule has 1 aromatic carbocycles. The zero-order chi connectivity index (χ0) is 18.3. The lowest BCUT2D eigenvalue weighted by atomic mass is 9.72. The van der Waals surface area contributed by atoms with Crippen LogP contribution in [0.5, 0.6) is 0 Å². The second kappa shape index (κ2) is 5.93. The maximum atomic E-state index is 13.0. The van der Waals surface area contributed by atoms with Crippen molar-refractivity contribution in [3.8, 4) is 0 Å². The molecule has 2 rings (SSSR count). The number of nitrogens with zero attached hydrogens (tertiary/aromatic N) is 1. The molecule has 0 aliphatic heterocycles. The molecule has 24 heavy (non-hydrogen) atoms. The van der Waals surface area contributed by atoms with Gasteiger partial charge in [-0.3, -0.25) is 14.9 Å². The van der Waals surface area contributed by atoms with E-state index >= 15 is 0 Å². The first-order chi connectivity index (χ1) is 10.9. The Morgan fingerprint density at radius 2 is 1.83 bits per heavy atom. The fourth-order valence-corrected chi connectivity index (χ4v) is 5.18. The third-order valence-electron chi connectivity index (χ3n) is 4.95. The van der Waals surface area contributed by atoms with E-state index in [0.717, 1.165) is 5.56 Å². The molecular formula is C16H21NO6S. The van der Waals surface area contributed by atoms with E-state index in [2.05, 4.69) is 0 Å².